The van der Waals surface area contributed by atoms with E-state index in [1.54, 1.807) is 4.90 Å². The van der Waals surface area contributed by atoms with E-state index in [-0.39, 0.29) is 12.2 Å². The highest BCUT2D eigenvalue weighted by molar-refractivity contribution is 5.68. The molecule has 0 aromatic carbocycles. The normalized spacial score (nSPS) is 22.9. The van der Waals surface area contributed by atoms with Crippen molar-refractivity contribution in [1.29, 1.82) is 0 Å². The monoisotopic (exact) mass is 326 g/mol. The first-order chi connectivity index (χ1) is 10.8. The number of piperazine rings is 1. The van der Waals surface area contributed by atoms with Crippen molar-refractivity contribution in [1.82, 2.24) is 9.80 Å². The third-order valence-corrected chi connectivity index (χ3v) is 4.82. The highest BCUT2D eigenvalue weighted by atomic mass is 16.6. The summed E-state index contributed by atoms with van der Waals surface area (Å²) in [5, 5.41) is 10.3. The molecule has 1 aliphatic carbocycles. The fourth-order valence-corrected chi connectivity index (χ4v) is 3.62. The zero-order valence-corrected chi connectivity index (χ0v) is 15.1. The molecule has 1 atom stereocenters. The van der Waals surface area contributed by atoms with Crippen molar-refractivity contribution in [2.45, 2.75) is 71.0 Å². The molecule has 0 spiro atoms. The minimum atomic E-state index is -0.440. The number of hydrogen-bond donors (Lipinski definition) is 1. The average Bonchev–Trinajstić information content (AvgIpc) is 2.47. The van der Waals surface area contributed by atoms with Crippen LogP contribution in [0, 0.1) is 5.92 Å². The lowest BCUT2D eigenvalue weighted by molar-refractivity contribution is 0.00859. The molecule has 1 saturated heterocycles. The Bertz CT molecular complexity index is 367. The molecule has 1 amide bonds. The van der Waals surface area contributed by atoms with Crippen LogP contribution in [-0.2, 0) is 4.74 Å². The largest absolute Gasteiger partial charge is 0.444 e. The zero-order valence-electron chi connectivity index (χ0n) is 15.1. The lowest BCUT2D eigenvalue weighted by Gasteiger charge is -2.36. The molecular formula is C18H34N2O3. The highest BCUT2D eigenvalue weighted by Crippen LogP contribution is 2.27. The molecule has 134 valence electrons. The summed E-state index contributed by atoms with van der Waals surface area (Å²) in [5.74, 6) is 0.710. The Morgan fingerprint density at radius 1 is 1.13 bits per heavy atom. The molecule has 1 unspecified atom stereocenters. The van der Waals surface area contributed by atoms with Crippen LogP contribution >= 0.6 is 0 Å². The summed E-state index contributed by atoms with van der Waals surface area (Å²) < 4.78 is 5.41. The van der Waals surface area contributed by atoms with Gasteiger partial charge in [0, 0.05) is 32.7 Å². The van der Waals surface area contributed by atoms with E-state index in [0.29, 0.717) is 19.0 Å². The second-order valence-corrected chi connectivity index (χ2v) is 8.16. The molecule has 0 aromatic rings. The molecule has 1 saturated carbocycles. The van der Waals surface area contributed by atoms with E-state index in [0.717, 1.165) is 26.1 Å². The molecule has 0 radical (unpaired) electrons. The van der Waals surface area contributed by atoms with Crippen LogP contribution in [0.4, 0.5) is 4.79 Å². The van der Waals surface area contributed by atoms with Crippen LogP contribution in [0.1, 0.15) is 59.3 Å². The Labute approximate surface area is 141 Å². The lowest BCUT2D eigenvalue weighted by Crippen LogP contribution is -2.51. The summed E-state index contributed by atoms with van der Waals surface area (Å²) in [6, 6.07) is 0. The minimum Gasteiger partial charge on any atom is -0.444 e. The number of carbonyl (C=O) groups is 1. The second kappa shape index (κ2) is 8.34. The van der Waals surface area contributed by atoms with Crippen LogP contribution in [0.25, 0.3) is 0 Å². The van der Waals surface area contributed by atoms with Gasteiger partial charge in [-0.05, 0) is 33.1 Å². The van der Waals surface area contributed by atoms with Crippen LogP contribution in [0.3, 0.4) is 0 Å². The molecule has 2 aliphatic rings. The van der Waals surface area contributed by atoms with Crippen molar-refractivity contribution < 1.29 is 14.6 Å². The molecule has 5 nitrogen and oxygen atoms in total. The molecule has 0 bridgehead atoms. The second-order valence-electron chi connectivity index (χ2n) is 8.16. The third kappa shape index (κ3) is 6.68. The van der Waals surface area contributed by atoms with E-state index in [1.165, 1.54) is 32.1 Å². The molecule has 1 heterocycles. The predicted molar refractivity (Wildman–Crippen MR) is 91.4 cm³/mol. The Hall–Kier alpha value is -0.810. The van der Waals surface area contributed by atoms with Gasteiger partial charge in [-0.3, -0.25) is 4.90 Å². The van der Waals surface area contributed by atoms with Crippen molar-refractivity contribution in [2.75, 3.05) is 32.7 Å². The molecule has 2 rings (SSSR count). The number of amides is 1. The first-order valence-corrected chi connectivity index (χ1v) is 9.22. The molecule has 2 fully saturated rings. The minimum absolute atomic E-state index is 0.222. The number of nitrogens with zero attached hydrogens (tertiary/aromatic N) is 2. The summed E-state index contributed by atoms with van der Waals surface area (Å²) in [4.78, 5) is 16.1. The van der Waals surface area contributed by atoms with Crippen molar-refractivity contribution in [3.05, 3.63) is 0 Å². The highest BCUT2D eigenvalue weighted by Gasteiger charge is 2.27. The number of ether oxygens (including phenoxy) is 1. The summed E-state index contributed by atoms with van der Waals surface area (Å²) in [6.07, 6.45) is 7.06. The SMILES string of the molecule is CC(C)(C)OC(=O)N1CCN(CC(O)CC2CCCCC2)CC1. The van der Waals surface area contributed by atoms with Crippen LogP contribution in [-0.4, -0.2) is 65.4 Å². The fourth-order valence-electron chi connectivity index (χ4n) is 3.62. The zero-order chi connectivity index (χ0) is 16.9. The van der Waals surface area contributed by atoms with Crippen LogP contribution in [0.2, 0.25) is 0 Å². The smallest absolute Gasteiger partial charge is 0.410 e. The number of aliphatic hydroxyl groups is 1. The van der Waals surface area contributed by atoms with Crippen molar-refractivity contribution in [2.24, 2.45) is 5.92 Å². The number of carbonyl (C=O) groups excluding carboxylic acids is 1. The molecular weight excluding hydrogens is 292 g/mol. The van der Waals surface area contributed by atoms with Gasteiger partial charge < -0.3 is 14.7 Å². The summed E-state index contributed by atoms with van der Waals surface area (Å²) >= 11 is 0. The maximum Gasteiger partial charge on any atom is 0.410 e. The first kappa shape index (κ1) is 18.5. The fraction of sp³-hybridized carbons (Fsp3) is 0.944. The Balaban J connectivity index is 1.66. The Morgan fingerprint density at radius 2 is 1.74 bits per heavy atom. The number of β-amino-alcohol motifs (C(OH)–C–C–N with tert-alkyl or cyclic N) is 1. The van der Waals surface area contributed by atoms with E-state index in [2.05, 4.69) is 4.90 Å². The maximum absolute atomic E-state index is 12.0. The molecule has 1 N–H and O–H groups in total. The van der Waals surface area contributed by atoms with Crippen LogP contribution in [0.15, 0.2) is 0 Å². The van der Waals surface area contributed by atoms with Gasteiger partial charge in [0.2, 0.25) is 0 Å². The molecule has 0 aromatic heterocycles. The first-order valence-electron chi connectivity index (χ1n) is 9.22. The van der Waals surface area contributed by atoms with Gasteiger partial charge in [-0.25, -0.2) is 4.79 Å². The van der Waals surface area contributed by atoms with Crippen LogP contribution < -0.4 is 0 Å². The average molecular weight is 326 g/mol. The quantitative estimate of drug-likeness (QED) is 0.863. The van der Waals surface area contributed by atoms with E-state index >= 15 is 0 Å². The Morgan fingerprint density at radius 3 is 2.30 bits per heavy atom. The molecule has 23 heavy (non-hydrogen) atoms. The number of aliphatic hydroxyl groups excluding tert-OH is 1. The van der Waals surface area contributed by atoms with E-state index in [9.17, 15) is 9.90 Å². The standard InChI is InChI=1S/C18H34N2O3/c1-18(2,3)23-17(22)20-11-9-19(10-12-20)14-16(21)13-15-7-5-4-6-8-15/h15-16,21H,4-14H2,1-3H3. The van der Waals surface area contributed by atoms with E-state index < -0.39 is 5.60 Å². The van der Waals surface area contributed by atoms with Gasteiger partial charge >= 0.3 is 6.09 Å². The van der Waals surface area contributed by atoms with E-state index in [1.807, 2.05) is 20.8 Å². The van der Waals surface area contributed by atoms with Gasteiger partial charge in [0.15, 0.2) is 0 Å². The van der Waals surface area contributed by atoms with Crippen molar-refractivity contribution >= 4 is 6.09 Å². The van der Waals surface area contributed by atoms with Gasteiger partial charge in [-0.2, -0.15) is 0 Å². The summed E-state index contributed by atoms with van der Waals surface area (Å²) in [5.41, 5.74) is -0.440. The van der Waals surface area contributed by atoms with Gasteiger partial charge in [-0.15, -0.1) is 0 Å². The van der Waals surface area contributed by atoms with E-state index in [4.69, 9.17) is 4.74 Å². The molecule has 1 aliphatic heterocycles. The molecule has 5 heteroatoms. The van der Waals surface area contributed by atoms with Gasteiger partial charge in [0.25, 0.3) is 0 Å². The number of hydrogen-bond acceptors (Lipinski definition) is 4. The Kier molecular flexibility index (Phi) is 6.72. The number of rotatable bonds is 4. The van der Waals surface area contributed by atoms with Crippen LogP contribution in [0.5, 0.6) is 0 Å². The summed E-state index contributed by atoms with van der Waals surface area (Å²) in [6.45, 7) is 9.42. The van der Waals surface area contributed by atoms with Gasteiger partial charge in [0.1, 0.15) is 5.60 Å². The third-order valence-electron chi connectivity index (χ3n) is 4.82. The maximum atomic E-state index is 12.0. The summed E-state index contributed by atoms with van der Waals surface area (Å²) in [7, 11) is 0. The van der Waals surface area contributed by atoms with Gasteiger partial charge in [-0.1, -0.05) is 32.1 Å². The lowest BCUT2D eigenvalue weighted by atomic mass is 9.85. The van der Waals surface area contributed by atoms with Crippen molar-refractivity contribution in [3.63, 3.8) is 0 Å². The topological polar surface area (TPSA) is 53.0 Å². The van der Waals surface area contributed by atoms with Gasteiger partial charge in [0.05, 0.1) is 6.10 Å². The van der Waals surface area contributed by atoms with Crippen molar-refractivity contribution in [3.8, 4) is 0 Å². The predicted octanol–water partition coefficient (Wildman–Crippen LogP) is 2.87.